The molecule has 23 heavy (non-hydrogen) atoms. The van der Waals surface area contributed by atoms with Crippen LogP contribution in [0, 0.1) is 15.9 Å². The number of carbonyl (C=O) groups excluding carboxylic acids is 1. The summed E-state index contributed by atoms with van der Waals surface area (Å²) < 4.78 is 23.4. The van der Waals surface area contributed by atoms with E-state index in [-0.39, 0.29) is 17.1 Å². The van der Waals surface area contributed by atoms with Crippen LogP contribution in [0.4, 0.5) is 15.8 Å². The number of methoxy groups -OCH3 is 1. The summed E-state index contributed by atoms with van der Waals surface area (Å²) in [7, 11) is 1.38. The molecule has 0 unspecified atom stereocenters. The molecule has 0 fully saturated rings. The van der Waals surface area contributed by atoms with Crippen LogP contribution in [0.1, 0.15) is 0 Å². The molecule has 0 saturated heterocycles. The lowest BCUT2D eigenvalue weighted by atomic mass is 10.3. The van der Waals surface area contributed by atoms with Gasteiger partial charge in [-0.15, -0.1) is 0 Å². The number of rotatable bonds is 6. The van der Waals surface area contributed by atoms with Crippen molar-refractivity contribution in [1.29, 1.82) is 0 Å². The predicted molar refractivity (Wildman–Crippen MR) is 80.2 cm³/mol. The Labute approximate surface area is 130 Å². The van der Waals surface area contributed by atoms with E-state index in [9.17, 15) is 19.3 Å². The fraction of sp³-hybridized carbons (Fsp3) is 0.133. The maximum Gasteiger partial charge on any atom is 0.314 e. The van der Waals surface area contributed by atoms with Gasteiger partial charge in [0.15, 0.2) is 12.4 Å². The molecule has 2 aromatic carbocycles. The summed E-state index contributed by atoms with van der Waals surface area (Å²) in [4.78, 5) is 22.1. The average molecular weight is 320 g/mol. The van der Waals surface area contributed by atoms with E-state index >= 15 is 0 Å². The van der Waals surface area contributed by atoms with Crippen LogP contribution in [-0.2, 0) is 4.79 Å². The van der Waals surface area contributed by atoms with Gasteiger partial charge in [0, 0.05) is 0 Å². The van der Waals surface area contributed by atoms with Crippen LogP contribution in [0.3, 0.4) is 0 Å². The molecule has 0 aliphatic rings. The molecule has 7 nitrogen and oxygen atoms in total. The molecule has 0 atom stereocenters. The molecule has 0 aliphatic heterocycles. The van der Waals surface area contributed by atoms with Crippen molar-refractivity contribution in [2.45, 2.75) is 0 Å². The zero-order valence-corrected chi connectivity index (χ0v) is 12.1. The van der Waals surface area contributed by atoms with E-state index in [4.69, 9.17) is 9.47 Å². The van der Waals surface area contributed by atoms with Crippen LogP contribution in [-0.4, -0.2) is 24.5 Å². The molecule has 0 heterocycles. The van der Waals surface area contributed by atoms with E-state index in [1.54, 1.807) is 6.07 Å². The van der Waals surface area contributed by atoms with Crippen LogP contribution in [0.5, 0.6) is 11.5 Å². The second-order valence-corrected chi connectivity index (χ2v) is 4.41. The van der Waals surface area contributed by atoms with E-state index in [1.807, 2.05) is 0 Å². The minimum Gasteiger partial charge on any atom is -0.496 e. The molecule has 8 heteroatoms. The maximum absolute atomic E-state index is 13.4. The highest BCUT2D eigenvalue weighted by Gasteiger charge is 2.18. The van der Waals surface area contributed by atoms with Gasteiger partial charge in [-0.1, -0.05) is 12.1 Å². The predicted octanol–water partition coefficient (Wildman–Crippen LogP) is 2.76. The minimum atomic E-state index is -0.646. The van der Waals surface area contributed by atoms with Crippen molar-refractivity contribution in [2.75, 3.05) is 19.0 Å². The number of para-hydroxylation sites is 1. The zero-order valence-electron chi connectivity index (χ0n) is 12.1. The lowest BCUT2D eigenvalue weighted by Crippen LogP contribution is -2.21. The zero-order chi connectivity index (χ0) is 16.8. The normalized spacial score (nSPS) is 10.0. The van der Waals surface area contributed by atoms with Crippen molar-refractivity contribution in [3.05, 3.63) is 58.4 Å². The molecular weight excluding hydrogens is 307 g/mol. The van der Waals surface area contributed by atoms with Crippen LogP contribution in [0.15, 0.2) is 42.5 Å². The lowest BCUT2D eigenvalue weighted by molar-refractivity contribution is -0.385. The molecule has 0 radical (unpaired) electrons. The molecule has 0 aromatic heterocycles. The van der Waals surface area contributed by atoms with Crippen molar-refractivity contribution in [3.63, 3.8) is 0 Å². The number of anilines is 1. The third-order valence-electron chi connectivity index (χ3n) is 2.87. The second kappa shape index (κ2) is 7.21. The molecule has 2 rings (SSSR count). The summed E-state index contributed by atoms with van der Waals surface area (Å²) >= 11 is 0. The van der Waals surface area contributed by atoms with Gasteiger partial charge in [0.1, 0.15) is 11.6 Å². The first-order valence-electron chi connectivity index (χ1n) is 6.51. The largest absolute Gasteiger partial charge is 0.496 e. The highest BCUT2D eigenvalue weighted by Crippen LogP contribution is 2.30. The monoisotopic (exact) mass is 320 g/mol. The lowest BCUT2D eigenvalue weighted by Gasteiger charge is -2.09. The van der Waals surface area contributed by atoms with Gasteiger partial charge in [-0.3, -0.25) is 14.9 Å². The Hall–Kier alpha value is -3.16. The van der Waals surface area contributed by atoms with Gasteiger partial charge in [0.05, 0.1) is 23.8 Å². The number of benzene rings is 2. The van der Waals surface area contributed by atoms with Gasteiger partial charge in [-0.25, -0.2) is 4.39 Å². The maximum atomic E-state index is 13.4. The number of ether oxygens (including phenoxy) is 2. The van der Waals surface area contributed by atoms with Crippen molar-refractivity contribution in [3.8, 4) is 11.5 Å². The Morgan fingerprint density at radius 2 is 2.04 bits per heavy atom. The third kappa shape index (κ3) is 4.16. The van der Waals surface area contributed by atoms with Gasteiger partial charge < -0.3 is 14.8 Å². The first-order chi connectivity index (χ1) is 11.0. The number of nitrogens with zero attached hydrogens (tertiary/aromatic N) is 1. The topological polar surface area (TPSA) is 90.7 Å². The number of nitro benzene ring substituents is 1. The first-order valence-corrected chi connectivity index (χ1v) is 6.51. The summed E-state index contributed by atoms with van der Waals surface area (Å²) in [6, 6.07) is 9.62. The average Bonchev–Trinajstić information content (AvgIpc) is 2.54. The standard InChI is InChI=1S/C15H13FN2O5/c1-22-10-6-7-14(13(8-10)18(20)21)23-9-15(19)17-12-5-3-2-4-11(12)16/h2-8H,9H2,1H3,(H,17,19). The molecule has 1 amide bonds. The van der Waals surface area contributed by atoms with Crippen molar-refractivity contribution >= 4 is 17.3 Å². The molecule has 0 spiro atoms. The molecule has 0 saturated carbocycles. The summed E-state index contributed by atoms with van der Waals surface area (Å²) in [5.74, 6) is -1.02. The fourth-order valence-corrected chi connectivity index (χ4v) is 1.78. The Bertz CT molecular complexity index is 736. The van der Waals surface area contributed by atoms with Gasteiger partial charge in [0.2, 0.25) is 0 Å². The van der Waals surface area contributed by atoms with Crippen molar-refractivity contribution in [2.24, 2.45) is 0 Å². The summed E-state index contributed by atoms with van der Waals surface area (Å²) in [6.45, 7) is -0.499. The van der Waals surface area contributed by atoms with Gasteiger partial charge in [0.25, 0.3) is 5.91 Å². The quantitative estimate of drug-likeness (QED) is 0.653. The number of hydrogen-bond donors (Lipinski definition) is 1. The highest BCUT2D eigenvalue weighted by atomic mass is 19.1. The highest BCUT2D eigenvalue weighted by molar-refractivity contribution is 5.92. The van der Waals surface area contributed by atoms with Gasteiger partial charge in [-0.05, 0) is 24.3 Å². The van der Waals surface area contributed by atoms with E-state index in [1.165, 1.54) is 43.5 Å². The molecule has 2 aromatic rings. The fourth-order valence-electron chi connectivity index (χ4n) is 1.78. The van der Waals surface area contributed by atoms with Crippen molar-refractivity contribution in [1.82, 2.24) is 0 Å². The Morgan fingerprint density at radius 1 is 1.30 bits per heavy atom. The van der Waals surface area contributed by atoms with Crippen LogP contribution in [0.2, 0.25) is 0 Å². The summed E-state index contributed by atoms with van der Waals surface area (Å²) in [5.41, 5.74) is -0.326. The molecule has 0 aliphatic carbocycles. The number of nitrogens with one attached hydrogen (secondary N) is 1. The first kappa shape index (κ1) is 16.2. The van der Waals surface area contributed by atoms with Crippen LogP contribution >= 0.6 is 0 Å². The number of carbonyl (C=O) groups is 1. The summed E-state index contributed by atoms with van der Waals surface area (Å²) in [5, 5.41) is 13.3. The van der Waals surface area contributed by atoms with E-state index in [0.29, 0.717) is 5.75 Å². The van der Waals surface area contributed by atoms with Crippen LogP contribution in [0.25, 0.3) is 0 Å². The van der Waals surface area contributed by atoms with Gasteiger partial charge >= 0.3 is 5.69 Å². The van der Waals surface area contributed by atoms with Crippen molar-refractivity contribution < 1.29 is 23.6 Å². The van der Waals surface area contributed by atoms with Crippen LogP contribution < -0.4 is 14.8 Å². The number of hydrogen-bond acceptors (Lipinski definition) is 5. The Balaban J connectivity index is 2.04. The molecule has 120 valence electrons. The second-order valence-electron chi connectivity index (χ2n) is 4.41. The third-order valence-corrected chi connectivity index (χ3v) is 2.87. The van der Waals surface area contributed by atoms with E-state index < -0.39 is 23.3 Å². The minimum absolute atomic E-state index is 0.00494. The number of halogens is 1. The summed E-state index contributed by atoms with van der Waals surface area (Å²) in [6.07, 6.45) is 0. The van der Waals surface area contributed by atoms with Gasteiger partial charge in [-0.2, -0.15) is 0 Å². The SMILES string of the molecule is COc1ccc(OCC(=O)Nc2ccccc2F)c([N+](=O)[O-])c1. The Kier molecular flexibility index (Phi) is 5.08. The van der Waals surface area contributed by atoms with E-state index in [0.717, 1.165) is 0 Å². The molecule has 1 N–H and O–H groups in total. The smallest absolute Gasteiger partial charge is 0.314 e. The molecular formula is C15H13FN2O5. The number of nitro groups is 1. The number of amides is 1. The molecule has 0 bridgehead atoms. The Morgan fingerprint density at radius 3 is 2.70 bits per heavy atom. The van der Waals surface area contributed by atoms with E-state index in [2.05, 4.69) is 5.32 Å².